The van der Waals surface area contributed by atoms with Gasteiger partial charge in [0.1, 0.15) is 11.4 Å². The van der Waals surface area contributed by atoms with Gasteiger partial charge in [-0.15, -0.1) is 0 Å². The normalized spacial score (nSPS) is 25.6. The Morgan fingerprint density at radius 1 is 1.26 bits per heavy atom. The Balaban J connectivity index is 1.69. The molecular formula is C16H19NO8S2. The molecule has 0 aliphatic carbocycles. The molecule has 0 bridgehead atoms. The highest BCUT2D eigenvalue weighted by Gasteiger charge is 2.68. The third kappa shape index (κ3) is 3.03. The van der Waals surface area contributed by atoms with Gasteiger partial charge in [0.05, 0.1) is 16.1 Å². The minimum Gasteiger partial charge on any atom is -0.436 e. The number of nitrogens with zero attached hydrogens (tertiary/aromatic N) is 1. The fourth-order valence-corrected chi connectivity index (χ4v) is 6.11. The Morgan fingerprint density at radius 2 is 1.85 bits per heavy atom. The molecule has 0 saturated carbocycles. The van der Waals surface area contributed by atoms with E-state index in [4.69, 9.17) is 4.74 Å². The van der Waals surface area contributed by atoms with Crippen LogP contribution in [0.15, 0.2) is 29.2 Å². The number of hydrogen-bond acceptors (Lipinski definition) is 8. The lowest BCUT2D eigenvalue weighted by Crippen LogP contribution is -2.57. The minimum absolute atomic E-state index is 0.106. The van der Waals surface area contributed by atoms with Crippen LogP contribution in [0.4, 0.5) is 0 Å². The second-order valence-electron chi connectivity index (χ2n) is 6.98. The Hall–Kier alpha value is -1.98. The van der Waals surface area contributed by atoms with Crippen LogP contribution in [0.3, 0.4) is 0 Å². The number of hydrogen-bond donors (Lipinski definition) is 0. The monoisotopic (exact) mass is 417 g/mol. The van der Waals surface area contributed by atoms with Gasteiger partial charge in [-0.3, -0.25) is 4.79 Å². The summed E-state index contributed by atoms with van der Waals surface area (Å²) in [7, 11) is -7.89. The van der Waals surface area contributed by atoms with E-state index in [0.717, 1.165) is 10.5 Å². The first-order valence-electron chi connectivity index (χ1n) is 8.07. The number of carbonyl (C=O) groups is 2. The fourth-order valence-electron chi connectivity index (χ4n) is 3.21. The van der Waals surface area contributed by atoms with Gasteiger partial charge >= 0.3 is 5.97 Å². The summed E-state index contributed by atoms with van der Waals surface area (Å²) >= 11 is 0. The highest BCUT2D eigenvalue weighted by molar-refractivity contribution is 7.93. The first-order chi connectivity index (χ1) is 12.4. The van der Waals surface area contributed by atoms with Gasteiger partial charge in [-0.05, 0) is 32.9 Å². The molecule has 11 heteroatoms. The number of ether oxygens (including phenoxy) is 1. The summed E-state index contributed by atoms with van der Waals surface area (Å²) in [5, 5.41) is -1.05. The highest BCUT2D eigenvalue weighted by atomic mass is 32.2. The molecule has 0 N–H and O–H groups in total. The van der Waals surface area contributed by atoms with E-state index < -0.39 is 54.8 Å². The number of sulfone groups is 1. The Labute approximate surface area is 157 Å². The maximum atomic E-state index is 12.5. The number of benzene rings is 1. The zero-order valence-corrected chi connectivity index (χ0v) is 16.5. The number of esters is 1. The quantitative estimate of drug-likeness (QED) is 0.291. The molecule has 2 heterocycles. The molecule has 2 saturated heterocycles. The third-order valence-electron chi connectivity index (χ3n) is 4.91. The van der Waals surface area contributed by atoms with Crippen LogP contribution in [0.2, 0.25) is 0 Å². The fraction of sp³-hybridized carbons (Fsp3) is 0.500. The predicted octanol–water partition coefficient (Wildman–Crippen LogP) is 0.335. The largest absolute Gasteiger partial charge is 0.436 e. The van der Waals surface area contributed by atoms with Crippen molar-refractivity contribution in [3.8, 4) is 0 Å². The molecule has 1 aromatic rings. The maximum Gasteiger partial charge on any atom is 0.332 e. The zero-order valence-electron chi connectivity index (χ0n) is 14.9. The molecule has 2 fully saturated rings. The standard InChI is InChI=1S/C16H19NO8S2/c1-10-4-6-11(7-5-10)27(22,23)25-9-24-15(19)14-16(2,3)26(20,21)13-8-12(18)17(13)14/h4-7,13-14H,8-9H2,1-3H3/t13-,14+/m1/s1. The van der Waals surface area contributed by atoms with Crippen LogP contribution in [0, 0.1) is 6.92 Å². The average molecular weight is 417 g/mol. The molecule has 0 unspecified atom stereocenters. The second-order valence-corrected chi connectivity index (χ2v) is 11.3. The lowest BCUT2D eigenvalue weighted by Gasteiger charge is -2.36. The van der Waals surface area contributed by atoms with Gasteiger partial charge in [0, 0.05) is 0 Å². The van der Waals surface area contributed by atoms with Crippen molar-refractivity contribution < 1.29 is 35.3 Å². The molecule has 1 aromatic carbocycles. The molecule has 9 nitrogen and oxygen atoms in total. The summed E-state index contributed by atoms with van der Waals surface area (Å²) in [4.78, 5) is 25.0. The maximum absolute atomic E-state index is 12.5. The lowest BCUT2D eigenvalue weighted by atomic mass is 9.98. The molecular weight excluding hydrogens is 398 g/mol. The lowest BCUT2D eigenvalue weighted by molar-refractivity contribution is -0.165. The SMILES string of the molecule is Cc1ccc(S(=O)(=O)OCOC(=O)[C@@H]2N3C(=O)C[C@H]3S(=O)(=O)C2(C)C)cc1. The highest BCUT2D eigenvalue weighted by Crippen LogP contribution is 2.46. The Bertz CT molecular complexity index is 995. The summed E-state index contributed by atoms with van der Waals surface area (Å²) in [5.74, 6) is -1.50. The van der Waals surface area contributed by atoms with Gasteiger partial charge in [0.25, 0.3) is 10.1 Å². The van der Waals surface area contributed by atoms with E-state index in [9.17, 15) is 26.4 Å². The molecule has 2 atom stereocenters. The van der Waals surface area contributed by atoms with Crippen molar-refractivity contribution in [2.75, 3.05) is 6.79 Å². The summed E-state index contributed by atoms with van der Waals surface area (Å²) in [5.41, 5.74) is 0.860. The van der Waals surface area contributed by atoms with Gasteiger partial charge in [0.15, 0.2) is 9.84 Å². The summed E-state index contributed by atoms with van der Waals surface area (Å²) in [6.07, 6.45) is -0.173. The first-order valence-corrected chi connectivity index (χ1v) is 11.0. The molecule has 0 aromatic heterocycles. The van der Waals surface area contributed by atoms with Crippen LogP contribution in [0.5, 0.6) is 0 Å². The predicted molar refractivity (Wildman–Crippen MR) is 92.4 cm³/mol. The van der Waals surface area contributed by atoms with Gasteiger partial charge < -0.3 is 9.64 Å². The van der Waals surface area contributed by atoms with E-state index in [-0.39, 0.29) is 11.3 Å². The van der Waals surface area contributed by atoms with Crippen molar-refractivity contribution >= 4 is 31.8 Å². The van der Waals surface area contributed by atoms with E-state index >= 15 is 0 Å². The van der Waals surface area contributed by atoms with E-state index in [0.29, 0.717) is 0 Å². The summed E-state index contributed by atoms with van der Waals surface area (Å²) < 4.78 is 57.1. The van der Waals surface area contributed by atoms with Crippen molar-refractivity contribution in [1.29, 1.82) is 0 Å². The van der Waals surface area contributed by atoms with Gasteiger partial charge in [-0.25, -0.2) is 17.4 Å². The number of fused-ring (bicyclic) bond motifs is 1. The first kappa shape index (κ1) is 19.8. The second kappa shape index (κ2) is 6.28. The van der Waals surface area contributed by atoms with Crippen molar-refractivity contribution in [2.45, 2.75) is 48.3 Å². The topological polar surface area (TPSA) is 124 Å². The van der Waals surface area contributed by atoms with Crippen LogP contribution in [0.25, 0.3) is 0 Å². The molecule has 3 rings (SSSR count). The average Bonchev–Trinajstić information content (AvgIpc) is 2.68. The van der Waals surface area contributed by atoms with Crippen LogP contribution >= 0.6 is 0 Å². The van der Waals surface area contributed by atoms with E-state index in [1.807, 2.05) is 0 Å². The van der Waals surface area contributed by atoms with Crippen molar-refractivity contribution in [3.63, 3.8) is 0 Å². The molecule has 0 radical (unpaired) electrons. The Morgan fingerprint density at radius 3 is 2.41 bits per heavy atom. The Kier molecular flexibility index (Phi) is 4.60. The summed E-state index contributed by atoms with van der Waals surface area (Å²) in [6.45, 7) is 3.54. The number of carbonyl (C=O) groups excluding carboxylic acids is 2. The van der Waals surface area contributed by atoms with Crippen LogP contribution in [-0.2, 0) is 38.5 Å². The molecule has 2 aliphatic rings. The van der Waals surface area contributed by atoms with Gasteiger partial charge in [-0.2, -0.15) is 8.42 Å². The van der Waals surface area contributed by atoms with E-state index in [1.54, 1.807) is 19.1 Å². The number of amides is 1. The van der Waals surface area contributed by atoms with Crippen LogP contribution < -0.4 is 0 Å². The molecule has 2 aliphatic heterocycles. The van der Waals surface area contributed by atoms with E-state index in [2.05, 4.69) is 4.18 Å². The van der Waals surface area contributed by atoms with Crippen molar-refractivity contribution in [1.82, 2.24) is 4.90 Å². The van der Waals surface area contributed by atoms with Crippen LogP contribution in [-0.4, -0.2) is 56.6 Å². The summed E-state index contributed by atoms with van der Waals surface area (Å²) in [6, 6.07) is 4.53. The van der Waals surface area contributed by atoms with Crippen molar-refractivity contribution in [3.05, 3.63) is 29.8 Å². The molecule has 27 heavy (non-hydrogen) atoms. The third-order valence-corrected chi connectivity index (χ3v) is 8.97. The molecule has 1 amide bonds. The number of rotatable bonds is 5. The van der Waals surface area contributed by atoms with E-state index in [1.165, 1.54) is 26.0 Å². The molecule has 0 spiro atoms. The molecule has 148 valence electrons. The number of aryl methyl sites for hydroxylation is 1. The van der Waals surface area contributed by atoms with Crippen molar-refractivity contribution in [2.24, 2.45) is 0 Å². The van der Waals surface area contributed by atoms with Gasteiger partial charge in [0.2, 0.25) is 12.7 Å². The zero-order chi connectivity index (χ0) is 20.2. The van der Waals surface area contributed by atoms with Gasteiger partial charge in [-0.1, -0.05) is 17.7 Å². The smallest absolute Gasteiger partial charge is 0.332 e. The minimum atomic E-state index is -4.14. The van der Waals surface area contributed by atoms with Crippen LogP contribution in [0.1, 0.15) is 25.8 Å². The number of β-lactam (4-membered cyclic amide) rings is 1.